The number of nitrogens with zero attached hydrogens (tertiary/aromatic N) is 2. The van der Waals surface area contributed by atoms with Gasteiger partial charge in [0.25, 0.3) is 0 Å². The minimum atomic E-state index is -2.04. The monoisotopic (exact) mass is 232 g/mol. The highest BCUT2D eigenvalue weighted by Gasteiger charge is 2.63. The maximum atomic E-state index is 13.0. The first-order chi connectivity index (χ1) is 6.55. The van der Waals surface area contributed by atoms with Crippen molar-refractivity contribution >= 4 is 14.7 Å². The predicted octanol–water partition coefficient (Wildman–Crippen LogP) is 2.39. The summed E-state index contributed by atoms with van der Waals surface area (Å²) in [6.45, 7) is 8.81. The van der Waals surface area contributed by atoms with Crippen LogP contribution in [0.5, 0.6) is 0 Å². The van der Waals surface area contributed by atoms with Gasteiger partial charge in [-0.05, 0) is 33.3 Å². The average molecular weight is 232 g/mol. The number of hydrogen-bond donors (Lipinski definition) is 0. The molecule has 3 aliphatic rings. The molecule has 3 nitrogen and oxygen atoms in total. The van der Waals surface area contributed by atoms with Crippen LogP contribution in [-0.4, -0.2) is 46.3 Å². The molecule has 3 rings (SSSR count). The Bertz CT molecular complexity index is 274. The normalized spacial score (nSPS) is 59.1. The molecule has 3 aliphatic heterocycles. The van der Waals surface area contributed by atoms with Crippen LogP contribution in [0.2, 0.25) is 0 Å². The number of hydrogen-bond acceptors (Lipinski definition) is 1. The lowest BCUT2D eigenvalue weighted by Crippen LogP contribution is -2.04. The van der Waals surface area contributed by atoms with Gasteiger partial charge >= 0.3 is 0 Å². The van der Waals surface area contributed by atoms with Crippen LogP contribution in [0.1, 0.15) is 20.8 Å². The second kappa shape index (κ2) is 2.83. The Morgan fingerprint density at radius 1 is 1.14 bits per heavy atom. The smallest absolute Gasteiger partial charge is 0.236 e. The largest absolute Gasteiger partial charge is 0.284 e. The van der Waals surface area contributed by atoms with Crippen molar-refractivity contribution in [2.45, 2.75) is 38.5 Å². The third-order valence-electron chi connectivity index (χ3n) is 3.48. The van der Waals surface area contributed by atoms with Gasteiger partial charge in [0.15, 0.2) is 0 Å². The molecule has 0 amide bonds. The summed E-state index contributed by atoms with van der Waals surface area (Å²) in [6, 6.07) is 1.17. The van der Waals surface area contributed by atoms with E-state index in [4.69, 9.17) is 0 Å². The zero-order valence-electron chi connectivity index (χ0n) is 9.05. The molecule has 0 aliphatic carbocycles. The van der Waals surface area contributed by atoms with Crippen molar-refractivity contribution in [1.29, 1.82) is 0 Å². The molecule has 0 radical (unpaired) electrons. The molecule has 0 aromatic rings. The maximum absolute atomic E-state index is 13.0. The topological polar surface area (TPSA) is 23.1 Å². The maximum Gasteiger partial charge on any atom is 0.236 e. The minimum Gasteiger partial charge on any atom is -0.284 e. The molecule has 0 saturated carbocycles. The van der Waals surface area contributed by atoms with Crippen LogP contribution in [0.15, 0.2) is 0 Å². The fourth-order valence-electron chi connectivity index (χ4n) is 2.20. The van der Waals surface area contributed by atoms with Gasteiger partial charge < -0.3 is 0 Å². The lowest BCUT2D eigenvalue weighted by atomic mass is 10.6. The highest BCUT2D eigenvalue weighted by atomic mass is 32.1. The Hall–Kier alpha value is 0.580. The molecule has 0 aromatic heterocycles. The molecule has 0 bridgehead atoms. The Kier molecular flexibility index (Phi) is 1.97. The zero-order valence-corrected chi connectivity index (χ0v) is 10.8. The molecule has 0 N–H and O–H groups in total. The van der Waals surface area contributed by atoms with Crippen LogP contribution in [0.25, 0.3) is 0 Å². The van der Waals surface area contributed by atoms with Crippen LogP contribution in [-0.2, 0) is 4.57 Å². The van der Waals surface area contributed by atoms with E-state index in [1.54, 1.807) is 0 Å². The lowest BCUT2D eigenvalue weighted by molar-refractivity contribution is 0.522. The standard InChI is InChI=1S/C9H18N2OP2/c1-7-4-10(7)14(12,11-5-8(11)2)13-6-9(13)3/h7-9H,4-6H2,1-3H3. The quantitative estimate of drug-likeness (QED) is 0.551. The molecule has 0 spiro atoms. The van der Waals surface area contributed by atoms with E-state index in [9.17, 15) is 4.57 Å². The van der Waals surface area contributed by atoms with Gasteiger partial charge in [-0.15, -0.1) is 0 Å². The van der Waals surface area contributed by atoms with Crippen LogP contribution in [0.4, 0.5) is 0 Å². The van der Waals surface area contributed by atoms with E-state index in [1.807, 2.05) is 0 Å². The zero-order chi connectivity index (χ0) is 10.1. The van der Waals surface area contributed by atoms with Gasteiger partial charge in [-0.2, -0.15) is 0 Å². The summed E-state index contributed by atoms with van der Waals surface area (Å²) in [5.74, 6) is 0. The van der Waals surface area contributed by atoms with E-state index in [0.29, 0.717) is 12.1 Å². The summed E-state index contributed by atoms with van der Waals surface area (Å²) in [6.07, 6.45) is 1.25. The first kappa shape index (κ1) is 9.78. The van der Waals surface area contributed by atoms with Gasteiger partial charge in [0.05, 0.1) is 0 Å². The molecule has 0 aromatic carbocycles. The average Bonchev–Trinajstić information content (AvgIpc) is 2.91. The summed E-state index contributed by atoms with van der Waals surface area (Å²) in [4.78, 5) is 0. The summed E-state index contributed by atoms with van der Waals surface area (Å²) in [7, 11) is -2.20. The minimum absolute atomic E-state index is 0.157. The van der Waals surface area contributed by atoms with E-state index in [0.717, 1.165) is 18.7 Å². The van der Waals surface area contributed by atoms with Crippen molar-refractivity contribution in [2.24, 2.45) is 0 Å². The third kappa shape index (κ3) is 1.26. The Morgan fingerprint density at radius 3 is 1.71 bits per heavy atom. The predicted molar refractivity (Wildman–Crippen MR) is 61.2 cm³/mol. The van der Waals surface area contributed by atoms with Gasteiger partial charge in [0, 0.05) is 25.2 Å². The Labute approximate surface area is 87.0 Å². The number of rotatable bonds is 3. The van der Waals surface area contributed by atoms with Crippen molar-refractivity contribution in [2.75, 3.05) is 19.3 Å². The lowest BCUT2D eigenvalue weighted by Gasteiger charge is -2.21. The van der Waals surface area contributed by atoms with Crippen molar-refractivity contribution < 1.29 is 4.57 Å². The van der Waals surface area contributed by atoms with Crippen molar-refractivity contribution in [3.05, 3.63) is 0 Å². The SMILES string of the molecule is CC1CN1P(=O)(N1CC1C)P1CC1C. The fourth-order valence-corrected chi connectivity index (χ4v) is 13.0. The molecule has 3 heterocycles. The molecule has 6 unspecified atom stereocenters. The van der Waals surface area contributed by atoms with Crippen molar-refractivity contribution in [3.8, 4) is 0 Å². The summed E-state index contributed by atoms with van der Waals surface area (Å²) in [5.41, 5.74) is 0.761. The van der Waals surface area contributed by atoms with Crippen molar-refractivity contribution in [1.82, 2.24) is 9.34 Å². The second-order valence-electron chi connectivity index (χ2n) is 4.93. The molecular formula is C9H18N2OP2. The van der Waals surface area contributed by atoms with Gasteiger partial charge in [0.1, 0.15) is 0 Å². The molecule has 80 valence electrons. The van der Waals surface area contributed by atoms with E-state index >= 15 is 0 Å². The first-order valence-electron chi connectivity index (χ1n) is 5.46. The summed E-state index contributed by atoms with van der Waals surface area (Å²) < 4.78 is 17.6. The summed E-state index contributed by atoms with van der Waals surface area (Å²) in [5, 5.41) is 0. The Morgan fingerprint density at radius 2 is 1.50 bits per heavy atom. The van der Waals surface area contributed by atoms with Gasteiger partial charge in [0.2, 0.25) is 7.13 Å². The molecule has 3 saturated heterocycles. The highest BCUT2D eigenvalue weighted by Crippen LogP contribution is 2.92. The van der Waals surface area contributed by atoms with Gasteiger partial charge in [-0.3, -0.25) is 4.57 Å². The highest BCUT2D eigenvalue weighted by molar-refractivity contribution is 8.34. The fraction of sp³-hybridized carbons (Fsp3) is 1.00. The third-order valence-corrected chi connectivity index (χ3v) is 13.3. The second-order valence-corrected chi connectivity index (χ2v) is 12.2. The van der Waals surface area contributed by atoms with Crippen LogP contribution in [0.3, 0.4) is 0 Å². The van der Waals surface area contributed by atoms with E-state index in [1.165, 1.54) is 6.16 Å². The summed E-state index contributed by atoms with van der Waals surface area (Å²) >= 11 is 0. The molecule has 5 heteroatoms. The van der Waals surface area contributed by atoms with Crippen LogP contribution < -0.4 is 0 Å². The molecule has 3 fully saturated rings. The Balaban J connectivity index is 1.84. The molecule has 6 atom stereocenters. The van der Waals surface area contributed by atoms with Crippen molar-refractivity contribution in [3.63, 3.8) is 0 Å². The molecular weight excluding hydrogens is 214 g/mol. The van der Waals surface area contributed by atoms with Gasteiger partial charge in [-0.25, -0.2) is 9.34 Å². The van der Waals surface area contributed by atoms with E-state index in [-0.39, 0.29) is 7.61 Å². The van der Waals surface area contributed by atoms with Crippen LogP contribution >= 0.6 is 14.7 Å². The molecule has 14 heavy (non-hydrogen) atoms. The van der Waals surface area contributed by atoms with Gasteiger partial charge in [-0.1, -0.05) is 6.92 Å². The van der Waals surface area contributed by atoms with E-state index in [2.05, 4.69) is 30.1 Å². The van der Waals surface area contributed by atoms with Crippen LogP contribution in [0, 0.1) is 0 Å². The first-order valence-corrected chi connectivity index (χ1v) is 9.38. The van der Waals surface area contributed by atoms with E-state index < -0.39 is 7.13 Å².